The molecule has 3 aliphatic rings. The van der Waals surface area contributed by atoms with Gasteiger partial charge in [-0.2, -0.15) is 5.26 Å². The molecule has 1 unspecified atom stereocenters. The predicted octanol–water partition coefficient (Wildman–Crippen LogP) is 7.85. The summed E-state index contributed by atoms with van der Waals surface area (Å²) in [6.45, 7) is 30.9. The van der Waals surface area contributed by atoms with E-state index < -0.39 is 11.0 Å². The Morgan fingerprint density at radius 2 is 1.35 bits per heavy atom. The van der Waals surface area contributed by atoms with Gasteiger partial charge in [0.25, 0.3) is 0 Å². The lowest BCUT2D eigenvalue weighted by molar-refractivity contribution is 0.322. The predicted molar refractivity (Wildman–Crippen MR) is 212 cm³/mol. The second-order valence-electron chi connectivity index (χ2n) is 13.9. The molecule has 268 valence electrons. The van der Waals surface area contributed by atoms with Gasteiger partial charge in [0.1, 0.15) is 17.7 Å². The largest absolute Gasteiger partial charge is 0.372 e. The molecule has 0 N–H and O–H groups in total. The van der Waals surface area contributed by atoms with Gasteiger partial charge in [-0.05, 0) is 35.8 Å². The Morgan fingerprint density at radius 3 is 1.92 bits per heavy atom. The molecule has 0 bridgehead atoms. The maximum Gasteiger partial charge on any atom is 0.149 e. The second kappa shape index (κ2) is 18.4. The lowest BCUT2D eigenvalue weighted by Crippen LogP contribution is -2.48. The molecule has 8 nitrogen and oxygen atoms in total. The molecule has 1 atom stereocenters. The molecule has 0 aliphatic carbocycles. The molecule has 2 aromatic carbocycles. The van der Waals surface area contributed by atoms with Crippen LogP contribution in [-0.4, -0.2) is 83.6 Å². The Balaban J connectivity index is 0.000000655. The standard InChI is InChI=1S/C31H37N7OS.C5H12.2C2H6/c1-23(2)34-13-15-35(16-14-34)30-26-11-12-37(29-10-6-8-24-7-4-5-9-25(24)29)22-28(26)27(21-32)31(33-30)36-17-19-38(20-18-36)40(3)39;1-5(2,3)4;2*1-2/h4-10H,1,11-20,22H2,2-3H3;1-4H3;2*1-2H3. The number of pyridine rings is 1. The molecule has 3 aliphatic heterocycles. The summed E-state index contributed by atoms with van der Waals surface area (Å²) in [5.74, 6) is 1.81. The Bertz CT molecular complexity index is 1580. The third kappa shape index (κ3) is 10.2. The summed E-state index contributed by atoms with van der Waals surface area (Å²) in [5.41, 5.74) is 5.82. The lowest BCUT2D eigenvalue weighted by Gasteiger charge is -2.41. The van der Waals surface area contributed by atoms with Crippen molar-refractivity contribution < 1.29 is 4.21 Å². The first-order valence-corrected chi connectivity index (χ1v) is 19.6. The van der Waals surface area contributed by atoms with Crippen molar-refractivity contribution >= 4 is 39.1 Å². The summed E-state index contributed by atoms with van der Waals surface area (Å²) >= 11 is 0. The zero-order valence-corrected chi connectivity index (χ0v) is 32.8. The van der Waals surface area contributed by atoms with E-state index in [1.807, 2.05) is 32.0 Å². The minimum absolute atomic E-state index is 0.500. The number of allylic oxidation sites excluding steroid dienone is 1. The molecule has 2 fully saturated rings. The first-order valence-electron chi connectivity index (χ1n) is 18.1. The summed E-state index contributed by atoms with van der Waals surface area (Å²) in [7, 11) is -0.991. The van der Waals surface area contributed by atoms with Gasteiger partial charge in [-0.3, -0.25) is 0 Å². The van der Waals surface area contributed by atoms with Gasteiger partial charge in [-0.25, -0.2) is 13.5 Å². The lowest BCUT2D eigenvalue weighted by atomic mass is 9.94. The van der Waals surface area contributed by atoms with E-state index in [1.165, 1.54) is 22.0 Å². The summed E-state index contributed by atoms with van der Waals surface area (Å²) in [4.78, 5) is 14.7. The number of aromatic nitrogens is 1. The number of hydrogen-bond donors (Lipinski definition) is 0. The highest BCUT2D eigenvalue weighted by molar-refractivity contribution is 7.81. The topological polar surface area (TPSA) is 70.0 Å². The number of benzene rings is 2. The molecular weight excluding hydrogens is 627 g/mol. The monoisotopic (exact) mass is 687 g/mol. The summed E-state index contributed by atoms with van der Waals surface area (Å²) < 4.78 is 14.1. The van der Waals surface area contributed by atoms with Crippen LogP contribution < -0.4 is 14.7 Å². The number of piperazine rings is 2. The maximum absolute atomic E-state index is 12.1. The number of hydrogen-bond acceptors (Lipinski definition) is 7. The molecule has 0 radical (unpaired) electrons. The minimum Gasteiger partial charge on any atom is -0.372 e. The van der Waals surface area contributed by atoms with Crippen molar-refractivity contribution in [3.05, 3.63) is 71.4 Å². The number of anilines is 3. The van der Waals surface area contributed by atoms with E-state index >= 15 is 0 Å². The van der Waals surface area contributed by atoms with Crippen molar-refractivity contribution in [1.82, 2.24) is 14.2 Å². The first-order chi connectivity index (χ1) is 23.4. The third-order valence-electron chi connectivity index (χ3n) is 8.59. The van der Waals surface area contributed by atoms with E-state index in [-0.39, 0.29) is 0 Å². The van der Waals surface area contributed by atoms with Crippen LogP contribution in [0.25, 0.3) is 10.8 Å². The molecule has 49 heavy (non-hydrogen) atoms. The van der Waals surface area contributed by atoms with Gasteiger partial charge in [0.15, 0.2) is 0 Å². The minimum atomic E-state index is -0.991. The molecule has 0 saturated carbocycles. The van der Waals surface area contributed by atoms with Gasteiger partial charge < -0.3 is 19.6 Å². The van der Waals surface area contributed by atoms with Crippen LogP contribution >= 0.6 is 0 Å². The normalized spacial score (nSPS) is 16.9. The van der Waals surface area contributed by atoms with E-state index in [0.717, 1.165) is 62.0 Å². The van der Waals surface area contributed by atoms with Gasteiger partial charge in [-0.15, -0.1) is 0 Å². The number of nitrogens with zero attached hydrogens (tertiary/aromatic N) is 7. The van der Waals surface area contributed by atoms with Crippen LogP contribution in [0.4, 0.5) is 17.3 Å². The maximum atomic E-state index is 12.1. The van der Waals surface area contributed by atoms with Crippen LogP contribution in [-0.2, 0) is 24.0 Å². The van der Waals surface area contributed by atoms with E-state index in [9.17, 15) is 9.47 Å². The van der Waals surface area contributed by atoms with Crippen LogP contribution in [0.15, 0.2) is 54.7 Å². The Hall–Kier alpha value is -3.61. The van der Waals surface area contributed by atoms with Gasteiger partial charge in [0, 0.05) is 94.0 Å². The molecule has 6 rings (SSSR count). The van der Waals surface area contributed by atoms with E-state index in [0.29, 0.717) is 43.7 Å². The van der Waals surface area contributed by atoms with Crippen molar-refractivity contribution in [1.29, 1.82) is 5.26 Å². The highest BCUT2D eigenvalue weighted by Gasteiger charge is 2.32. The molecule has 4 heterocycles. The average Bonchev–Trinajstić information content (AvgIpc) is 3.11. The van der Waals surface area contributed by atoms with Crippen molar-refractivity contribution in [3.8, 4) is 6.07 Å². The molecule has 0 spiro atoms. The zero-order chi connectivity index (χ0) is 36.3. The smallest absolute Gasteiger partial charge is 0.149 e. The fraction of sp³-hybridized carbons (Fsp3) is 0.550. The fourth-order valence-electron chi connectivity index (χ4n) is 6.35. The zero-order valence-electron chi connectivity index (χ0n) is 32.0. The third-order valence-corrected chi connectivity index (χ3v) is 9.68. The van der Waals surface area contributed by atoms with Gasteiger partial charge in [-0.1, -0.05) is 98.4 Å². The van der Waals surface area contributed by atoms with Gasteiger partial charge >= 0.3 is 0 Å². The van der Waals surface area contributed by atoms with Crippen LogP contribution in [0.1, 0.15) is 79.0 Å². The van der Waals surface area contributed by atoms with Crippen molar-refractivity contribution in [2.45, 2.75) is 75.3 Å². The SMILES string of the molecule is C=C(C)N1CCN(c2nc(N3CCN(S(C)=O)CC3)c(C#N)c3c2CCN(c2cccc4ccccc24)C3)CC1.CC.CC.CC(C)(C)C. The molecule has 0 amide bonds. The number of fused-ring (bicyclic) bond motifs is 2. The molecular formula is C40H61N7OS. The van der Waals surface area contributed by atoms with E-state index in [2.05, 4.69) is 109 Å². The first kappa shape index (κ1) is 39.8. The molecule has 9 heteroatoms. The van der Waals surface area contributed by atoms with Gasteiger partial charge in [0.05, 0.1) is 16.5 Å². The fourth-order valence-corrected chi connectivity index (χ4v) is 7.03. The highest BCUT2D eigenvalue weighted by atomic mass is 32.2. The number of nitriles is 1. The summed E-state index contributed by atoms with van der Waals surface area (Å²) in [5, 5.41) is 13.0. The van der Waals surface area contributed by atoms with E-state index in [1.54, 1.807) is 6.26 Å². The Labute approximate surface area is 300 Å². The van der Waals surface area contributed by atoms with Crippen LogP contribution in [0.2, 0.25) is 0 Å². The summed E-state index contributed by atoms with van der Waals surface area (Å²) in [6.07, 6.45) is 2.58. The van der Waals surface area contributed by atoms with Crippen LogP contribution in [0.5, 0.6) is 0 Å². The Kier molecular flexibility index (Phi) is 15.0. The van der Waals surface area contributed by atoms with Crippen LogP contribution in [0.3, 0.4) is 0 Å². The number of rotatable bonds is 5. The van der Waals surface area contributed by atoms with E-state index in [4.69, 9.17) is 4.98 Å². The Morgan fingerprint density at radius 1 is 0.796 bits per heavy atom. The van der Waals surface area contributed by atoms with Gasteiger partial charge in [0.2, 0.25) is 0 Å². The van der Waals surface area contributed by atoms with Crippen LogP contribution in [0, 0.1) is 16.7 Å². The molecule has 2 saturated heterocycles. The summed E-state index contributed by atoms with van der Waals surface area (Å²) in [6, 6.07) is 17.6. The average molecular weight is 688 g/mol. The van der Waals surface area contributed by atoms with Crippen molar-refractivity contribution in [2.75, 3.05) is 79.9 Å². The van der Waals surface area contributed by atoms with Crippen molar-refractivity contribution in [2.24, 2.45) is 5.41 Å². The second-order valence-corrected chi connectivity index (χ2v) is 15.3. The van der Waals surface area contributed by atoms with Crippen molar-refractivity contribution in [3.63, 3.8) is 0 Å². The quantitative estimate of drug-likeness (QED) is 0.271. The molecule has 3 aromatic rings. The molecule has 1 aromatic heterocycles. The highest BCUT2D eigenvalue weighted by Crippen LogP contribution is 2.38.